The number of nitrogens with two attached hydrogens (primary N) is 1. The van der Waals surface area contributed by atoms with Crippen LogP contribution in [0.5, 0.6) is 0 Å². The Labute approximate surface area is 119 Å². The first-order valence-electron chi connectivity index (χ1n) is 6.67. The lowest BCUT2D eigenvalue weighted by Gasteiger charge is -2.20. The highest BCUT2D eigenvalue weighted by molar-refractivity contribution is 5.62. The van der Waals surface area contributed by atoms with Gasteiger partial charge in [0.1, 0.15) is 17.5 Å². The van der Waals surface area contributed by atoms with Gasteiger partial charge in [0, 0.05) is 24.7 Å². The largest absolute Gasteiger partial charge is 0.329 e. The van der Waals surface area contributed by atoms with E-state index in [0.717, 1.165) is 17.3 Å². The van der Waals surface area contributed by atoms with Crippen LogP contribution in [0.4, 0.5) is 17.3 Å². The fraction of sp³-hybridized carbons (Fsp3) is 0.333. The number of anilines is 3. The van der Waals surface area contributed by atoms with Crippen LogP contribution < -0.4 is 16.2 Å². The minimum absolute atomic E-state index is 0.244. The van der Waals surface area contributed by atoms with Gasteiger partial charge in [-0.15, -0.1) is 0 Å². The van der Waals surface area contributed by atoms with Gasteiger partial charge in [-0.05, 0) is 19.1 Å². The van der Waals surface area contributed by atoms with Crippen LogP contribution in [0.3, 0.4) is 0 Å². The molecular formula is C15H21N5. The predicted octanol–water partition coefficient (Wildman–Crippen LogP) is 2.96. The Bertz CT molecular complexity index is 577. The van der Waals surface area contributed by atoms with Crippen LogP contribution in [-0.4, -0.2) is 17.0 Å². The summed E-state index contributed by atoms with van der Waals surface area (Å²) in [6.07, 6.45) is 0. The second-order valence-electron chi connectivity index (χ2n) is 5.16. The van der Waals surface area contributed by atoms with Gasteiger partial charge in [0.05, 0.1) is 0 Å². The molecule has 0 fully saturated rings. The number of hydrazine groups is 1. The van der Waals surface area contributed by atoms with Crippen LogP contribution in [0.2, 0.25) is 0 Å². The smallest absolute Gasteiger partial charge is 0.145 e. The van der Waals surface area contributed by atoms with E-state index in [1.165, 1.54) is 5.56 Å². The van der Waals surface area contributed by atoms with Crippen LogP contribution in [-0.2, 0) is 0 Å². The van der Waals surface area contributed by atoms with Gasteiger partial charge in [0.15, 0.2) is 0 Å². The van der Waals surface area contributed by atoms with E-state index in [1.807, 2.05) is 18.0 Å². The molecule has 2 aromatic rings. The van der Waals surface area contributed by atoms with Crippen molar-refractivity contribution in [2.45, 2.75) is 26.7 Å². The Kier molecular flexibility index (Phi) is 4.20. The number of nitrogen functional groups attached to an aromatic ring is 1. The average molecular weight is 271 g/mol. The molecule has 0 unspecified atom stereocenters. The third-order valence-corrected chi connectivity index (χ3v) is 3.16. The highest BCUT2D eigenvalue weighted by Crippen LogP contribution is 2.25. The van der Waals surface area contributed by atoms with Crippen molar-refractivity contribution >= 4 is 17.3 Å². The molecular weight excluding hydrogens is 250 g/mol. The Balaban J connectivity index is 2.40. The summed E-state index contributed by atoms with van der Waals surface area (Å²) < 4.78 is 0. The maximum Gasteiger partial charge on any atom is 0.145 e. The first kappa shape index (κ1) is 14.3. The van der Waals surface area contributed by atoms with Gasteiger partial charge in [-0.1, -0.05) is 31.5 Å². The maximum absolute atomic E-state index is 5.49. The first-order chi connectivity index (χ1) is 9.51. The summed E-state index contributed by atoms with van der Waals surface area (Å²) in [5.74, 6) is 7.95. The molecule has 106 valence electrons. The summed E-state index contributed by atoms with van der Waals surface area (Å²) in [5.41, 5.74) is 4.91. The molecule has 1 heterocycles. The monoisotopic (exact) mass is 271 g/mol. The summed E-state index contributed by atoms with van der Waals surface area (Å²) in [6, 6.07) is 10.1. The Morgan fingerprint density at radius 1 is 1.15 bits per heavy atom. The molecule has 0 spiro atoms. The van der Waals surface area contributed by atoms with Gasteiger partial charge >= 0.3 is 0 Å². The summed E-state index contributed by atoms with van der Waals surface area (Å²) in [5, 5.41) is 0. The molecule has 0 bridgehead atoms. The molecule has 0 saturated heterocycles. The van der Waals surface area contributed by atoms with E-state index >= 15 is 0 Å². The number of rotatable bonds is 4. The Hall–Kier alpha value is -2.14. The number of aryl methyl sites for hydroxylation is 1. The van der Waals surface area contributed by atoms with Crippen molar-refractivity contribution in [2.75, 3.05) is 17.4 Å². The molecule has 0 aliphatic heterocycles. The maximum atomic E-state index is 5.49. The molecule has 5 nitrogen and oxygen atoms in total. The van der Waals surface area contributed by atoms with Crippen molar-refractivity contribution in [1.82, 2.24) is 9.97 Å². The number of hydrogen-bond acceptors (Lipinski definition) is 5. The van der Waals surface area contributed by atoms with E-state index in [0.29, 0.717) is 5.82 Å². The summed E-state index contributed by atoms with van der Waals surface area (Å²) >= 11 is 0. The number of nitrogens with one attached hydrogen (secondary N) is 1. The van der Waals surface area contributed by atoms with Crippen LogP contribution >= 0.6 is 0 Å². The van der Waals surface area contributed by atoms with E-state index in [-0.39, 0.29) is 5.92 Å². The van der Waals surface area contributed by atoms with E-state index in [2.05, 4.69) is 60.4 Å². The summed E-state index contributed by atoms with van der Waals surface area (Å²) in [4.78, 5) is 11.0. The minimum Gasteiger partial charge on any atom is -0.329 e. The number of benzene rings is 1. The topological polar surface area (TPSA) is 67.1 Å². The summed E-state index contributed by atoms with van der Waals surface area (Å²) in [6.45, 7) is 6.19. The predicted molar refractivity (Wildman–Crippen MR) is 83.2 cm³/mol. The third-order valence-electron chi connectivity index (χ3n) is 3.16. The Morgan fingerprint density at radius 2 is 1.80 bits per heavy atom. The van der Waals surface area contributed by atoms with E-state index in [9.17, 15) is 0 Å². The van der Waals surface area contributed by atoms with Crippen LogP contribution in [0.25, 0.3) is 0 Å². The fourth-order valence-corrected chi connectivity index (χ4v) is 1.86. The highest BCUT2D eigenvalue weighted by Gasteiger charge is 2.11. The zero-order valence-electron chi connectivity index (χ0n) is 12.4. The van der Waals surface area contributed by atoms with Gasteiger partial charge in [-0.2, -0.15) is 0 Å². The molecule has 2 rings (SSSR count). The van der Waals surface area contributed by atoms with Crippen molar-refractivity contribution in [1.29, 1.82) is 0 Å². The minimum atomic E-state index is 0.244. The molecule has 0 radical (unpaired) electrons. The fourth-order valence-electron chi connectivity index (χ4n) is 1.86. The quantitative estimate of drug-likeness (QED) is 0.661. The highest BCUT2D eigenvalue weighted by atomic mass is 15.3. The van der Waals surface area contributed by atoms with Gasteiger partial charge in [-0.25, -0.2) is 15.8 Å². The van der Waals surface area contributed by atoms with Gasteiger partial charge < -0.3 is 10.3 Å². The normalized spacial score (nSPS) is 10.7. The van der Waals surface area contributed by atoms with E-state index in [4.69, 9.17) is 5.84 Å². The Morgan fingerprint density at radius 3 is 2.35 bits per heavy atom. The van der Waals surface area contributed by atoms with Gasteiger partial charge in [-0.3, -0.25) is 0 Å². The van der Waals surface area contributed by atoms with Crippen molar-refractivity contribution in [3.8, 4) is 0 Å². The second kappa shape index (κ2) is 5.88. The average Bonchev–Trinajstić information content (AvgIpc) is 2.46. The molecule has 3 N–H and O–H groups in total. The third kappa shape index (κ3) is 3.05. The molecule has 0 aliphatic rings. The first-order valence-corrected chi connectivity index (χ1v) is 6.67. The van der Waals surface area contributed by atoms with Crippen LogP contribution in [0.15, 0.2) is 30.3 Å². The van der Waals surface area contributed by atoms with E-state index < -0.39 is 0 Å². The zero-order valence-corrected chi connectivity index (χ0v) is 12.4. The lowest BCUT2D eigenvalue weighted by Crippen LogP contribution is -2.16. The van der Waals surface area contributed by atoms with Crippen LogP contribution in [0, 0.1) is 6.92 Å². The standard InChI is InChI=1S/C15H21N5/c1-10(2)15-17-13(19-16)9-14(18-15)20(4)12-7-5-11(3)6-8-12/h5-10H,16H2,1-4H3,(H,17,18,19). The van der Waals surface area contributed by atoms with Gasteiger partial charge in [0.25, 0.3) is 0 Å². The molecule has 5 heteroatoms. The van der Waals surface area contributed by atoms with Gasteiger partial charge in [0.2, 0.25) is 0 Å². The SMILES string of the molecule is Cc1ccc(N(C)c2cc(NN)nc(C(C)C)n2)cc1. The number of nitrogens with zero attached hydrogens (tertiary/aromatic N) is 3. The molecule has 0 atom stereocenters. The van der Waals surface area contributed by atoms with Crippen molar-refractivity contribution < 1.29 is 0 Å². The molecule has 20 heavy (non-hydrogen) atoms. The number of hydrogen-bond donors (Lipinski definition) is 2. The lowest BCUT2D eigenvalue weighted by molar-refractivity contribution is 0.773. The molecule has 0 amide bonds. The molecule has 0 aliphatic carbocycles. The van der Waals surface area contributed by atoms with Crippen molar-refractivity contribution in [3.05, 3.63) is 41.7 Å². The zero-order chi connectivity index (χ0) is 14.7. The van der Waals surface area contributed by atoms with E-state index in [1.54, 1.807) is 0 Å². The second-order valence-corrected chi connectivity index (χ2v) is 5.16. The summed E-state index contributed by atoms with van der Waals surface area (Å²) in [7, 11) is 1.98. The molecule has 1 aromatic heterocycles. The lowest BCUT2D eigenvalue weighted by atomic mass is 10.2. The molecule has 1 aromatic carbocycles. The number of aromatic nitrogens is 2. The van der Waals surface area contributed by atoms with Crippen molar-refractivity contribution in [3.63, 3.8) is 0 Å². The van der Waals surface area contributed by atoms with Crippen molar-refractivity contribution in [2.24, 2.45) is 5.84 Å². The molecule has 0 saturated carbocycles. The van der Waals surface area contributed by atoms with Crippen LogP contribution in [0.1, 0.15) is 31.2 Å².